The summed E-state index contributed by atoms with van der Waals surface area (Å²) in [5.74, 6) is -0.298. The number of aryl methyl sites for hydroxylation is 3. The Labute approximate surface area is 167 Å². The number of benzene rings is 2. The molecule has 1 amide bonds. The second kappa shape index (κ2) is 8.45. The number of anilines is 1. The van der Waals surface area contributed by atoms with E-state index in [4.69, 9.17) is 0 Å². The van der Waals surface area contributed by atoms with Gasteiger partial charge in [-0.05, 0) is 74.6 Å². The SMILES string of the molecule is Cc1ccc(NC(=O)c2cc(S(=O)(=O)N3CCCCCC3)ccc2C)cc1C. The molecule has 150 valence electrons. The lowest BCUT2D eigenvalue weighted by atomic mass is 10.1. The zero-order valence-electron chi connectivity index (χ0n) is 16.8. The van der Waals surface area contributed by atoms with Crippen LogP contribution in [0.5, 0.6) is 0 Å². The minimum atomic E-state index is -3.59. The van der Waals surface area contributed by atoms with E-state index in [-0.39, 0.29) is 10.8 Å². The van der Waals surface area contributed by atoms with Crippen LogP contribution < -0.4 is 5.32 Å². The fourth-order valence-electron chi connectivity index (χ4n) is 3.45. The summed E-state index contributed by atoms with van der Waals surface area (Å²) in [4.78, 5) is 13.0. The first-order chi connectivity index (χ1) is 13.3. The van der Waals surface area contributed by atoms with Crippen molar-refractivity contribution in [3.8, 4) is 0 Å². The Hall–Kier alpha value is -2.18. The van der Waals surface area contributed by atoms with Crippen LogP contribution in [0.15, 0.2) is 41.3 Å². The maximum Gasteiger partial charge on any atom is 0.255 e. The molecular weight excluding hydrogens is 372 g/mol. The standard InChI is InChI=1S/C22H28N2O3S/c1-16-8-10-19(14-18(16)3)23-22(25)21-15-20(11-9-17(21)2)28(26,27)24-12-6-4-5-7-13-24/h8-11,14-15H,4-7,12-13H2,1-3H3,(H,23,25). The molecule has 0 aliphatic carbocycles. The van der Waals surface area contributed by atoms with Gasteiger partial charge in [-0.2, -0.15) is 4.31 Å². The molecule has 1 N–H and O–H groups in total. The van der Waals surface area contributed by atoms with Crippen molar-refractivity contribution in [2.45, 2.75) is 51.3 Å². The first-order valence-corrected chi connectivity index (χ1v) is 11.2. The van der Waals surface area contributed by atoms with Crippen molar-refractivity contribution in [3.05, 3.63) is 58.7 Å². The maximum absolute atomic E-state index is 13.1. The van der Waals surface area contributed by atoms with Gasteiger partial charge in [0.2, 0.25) is 10.0 Å². The fraction of sp³-hybridized carbons (Fsp3) is 0.409. The number of amides is 1. The van der Waals surface area contributed by atoms with Crippen molar-refractivity contribution in [1.82, 2.24) is 4.31 Å². The van der Waals surface area contributed by atoms with E-state index in [0.29, 0.717) is 24.3 Å². The van der Waals surface area contributed by atoms with Gasteiger partial charge in [0, 0.05) is 24.3 Å². The lowest BCUT2D eigenvalue weighted by Crippen LogP contribution is -2.32. The molecule has 2 aromatic carbocycles. The number of rotatable bonds is 4. The van der Waals surface area contributed by atoms with Gasteiger partial charge in [0.05, 0.1) is 4.90 Å². The van der Waals surface area contributed by atoms with E-state index in [1.54, 1.807) is 16.4 Å². The van der Waals surface area contributed by atoms with Crippen LogP contribution in [-0.4, -0.2) is 31.7 Å². The van der Waals surface area contributed by atoms with E-state index in [1.807, 2.05) is 39.0 Å². The first-order valence-electron chi connectivity index (χ1n) is 9.78. The lowest BCUT2D eigenvalue weighted by molar-refractivity contribution is 0.102. The summed E-state index contributed by atoms with van der Waals surface area (Å²) < 4.78 is 27.7. The van der Waals surface area contributed by atoms with Gasteiger partial charge in [0.1, 0.15) is 0 Å². The molecule has 0 spiro atoms. The van der Waals surface area contributed by atoms with Crippen LogP contribution in [0.2, 0.25) is 0 Å². The van der Waals surface area contributed by atoms with Crippen molar-refractivity contribution >= 4 is 21.6 Å². The van der Waals surface area contributed by atoms with Gasteiger partial charge in [-0.1, -0.05) is 25.0 Å². The van der Waals surface area contributed by atoms with Gasteiger partial charge in [-0.15, -0.1) is 0 Å². The largest absolute Gasteiger partial charge is 0.322 e. The summed E-state index contributed by atoms with van der Waals surface area (Å²) >= 11 is 0. The highest BCUT2D eigenvalue weighted by molar-refractivity contribution is 7.89. The van der Waals surface area contributed by atoms with Crippen molar-refractivity contribution in [2.75, 3.05) is 18.4 Å². The maximum atomic E-state index is 13.1. The van der Waals surface area contributed by atoms with Crippen LogP contribution in [0, 0.1) is 20.8 Å². The minimum Gasteiger partial charge on any atom is -0.322 e. The number of carbonyl (C=O) groups is 1. The third-order valence-corrected chi connectivity index (χ3v) is 7.32. The second-order valence-electron chi connectivity index (χ2n) is 7.55. The molecule has 0 saturated carbocycles. The molecule has 1 saturated heterocycles. The average molecular weight is 401 g/mol. The Balaban J connectivity index is 1.88. The molecule has 1 aliphatic rings. The predicted octanol–water partition coefficient (Wildman–Crippen LogP) is 4.43. The first kappa shape index (κ1) is 20.6. The van der Waals surface area contributed by atoms with E-state index >= 15 is 0 Å². The molecule has 0 bridgehead atoms. The lowest BCUT2D eigenvalue weighted by Gasteiger charge is -2.20. The van der Waals surface area contributed by atoms with Gasteiger partial charge in [0.15, 0.2) is 0 Å². The summed E-state index contributed by atoms with van der Waals surface area (Å²) in [5.41, 5.74) is 4.07. The molecule has 0 aromatic heterocycles. The summed E-state index contributed by atoms with van der Waals surface area (Å²) in [7, 11) is -3.59. The number of sulfonamides is 1. The Kier molecular flexibility index (Phi) is 6.20. The number of hydrogen-bond acceptors (Lipinski definition) is 3. The molecule has 1 aliphatic heterocycles. The van der Waals surface area contributed by atoms with Crippen LogP contribution >= 0.6 is 0 Å². The molecule has 0 unspecified atom stereocenters. The minimum absolute atomic E-state index is 0.185. The Morgan fingerprint density at radius 3 is 2.14 bits per heavy atom. The fourth-order valence-corrected chi connectivity index (χ4v) is 5.00. The van der Waals surface area contributed by atoms with Crippen LogP contribution in [0.4, 0.5) is 5.69 Å². The molecule has 5 nitrogen and oxygen atoms in total. The zero-order valence-corrected chi connectivity index (χ0v) is 17.6. The number of nitrogens with zero attached hydrogens (tertiary/aromatic N) is 1. The Morgan fingerprint density at radius 2 is 1.50 bits per heavy atom. The van der Waals surface area contributed by atoms with Crippen molar-refractivity contribution < 1.29 is 13.2 Å². The van der Waals surface area contributed by atoms with Gasteiger partial charge in [-0.3, -0.25) is 4.79 Å². The van der Waals surface area contributed by atoms with E-state index in [1.165, 1.54) is 6.07 Å². The highest BCUT2D eigenvalue weighted by atomic mass is 32.2. The quantitative estimate of drug-likeness (QED) is 0.826. The Bertz CT molecular complexity index is 975. The molecule has 1 heterocycles. The van der Waals surface area contributed by atoms with E-state index in [0.717, 1.165) is 42.4 Å². The number of nitrogens with one attached hydrogen (secondary N) is 1. The van der Waals surface area contributed by atoms with Gasteiger partial charge in [0.25, 0.3) is 5.91 Å². The third kappa shape index (κ3) is 4.45. The number of carbonyl (C=O) groups excluding carboxylic acids is 1. The van der Waals surface area contributed by atoms with Gasteiger partial charge < -0.3 is 5.32 Å². The smallest absolute Gasteiger partial charge is 0.255 e. The van der Waals surface area contributed by atoms with Gasteiger partial charge in [-0.25, -0.2) is 8.42 Å². The van der Waals surface area contributed by atoms with Crippen LogP contribution in [0.1, 0.15) is 52.7 Å². The molecular formula is C22H28N2O3S. The predicted molar refractivity (Wildman–Crippen MR) is 112 cm³/mol. The average Bonchev–Trinajstić information content (AvgIpc) is 2.95. The van der Waals surface area contributed by atoms with Crippen LogP contribution in [-0.2, 0) is 10.0 Å². The van der Waals surface area contributed by atoms with Crippen molar-refractivity contribution in [2.24, 2.45) is 0 Å². The molecule has 28 heavy (non-hydrogen) atoms. The monoisotopic (exact) mass is 400 g/mol. The highest BCUT2D eigenvalue weighted by Crippen LogP contribution is 2.23. The summed E-state index contributed by atoms with van der Waals surface area (Å²) in [5, 5.41) is 2.89. The van der Waals surface area contributed by atoms with Crippen LogP contribution in [0.25, 0.3) is 0 Å². The van der Waals surface area contributed by atoms with Crippen molar-refractivity contribution in [1.29, 1.82) is 0 Å². The second-order valence-corrected chi connectivity index (χ2v) is 9.49. The van der Waals surface area contributed by atoms with E-state index in [2.05, 4.69) is 5.32 Å². The van der Waals surface area contributed by atoms with E-state index < -0.39 is 10.0 Å². The topological polar surface area (TPSA) is 66.5 Å². The summed E-state index contributed by atoms with van der Waals surface area (Å²) in [6.07, 6.45) is 3.88. The summed E-state index contributed by atoms with van der Waals surface area (Å²) in [6.45, 7) is 6.91. The van der Waals surface area contributed by atoms with Crippen molar-refractivity contribution in [3.63, 3.8) is 0 Å². The molecule has 1 fully saturated rings. The molecule has 0 atom stereocenters. The molecule has 0 radical (unpaired) electrons. The molecule has 3 rings (SSSR count). The highest BCUT2D eigenvalue weighted by Gasteiger charge is 2.26. The summed E-state index contributed by atoms with van der Waals surface area (Å²) in [6, 6.07) is 10.5. The molecule has 2 aromatic rings. The normalized spacial score (nSPS) is 15.8. The van der Waals surface area contributed by atoms with Crippen LogP contribution in [0.3, 0.4) is 0 Å². The molecule has 6 heteroatoms. The van der Waals surface area contributed by atoms with Gasteiger partial charge >= 0.3 is 0 Å². The zero-order chi connectivity index (χ0) is 20.3. The Morgan fingerprint density at radius 1 is 0.857 bits per heavy atom. The van der Waals surface area contributed by atoms with E-state index in [9.17, 15) is 13.2 Å². The number of hydrogen-bond donors (Lipinski definition) is 1. The third-order valence-electron chi connectivity index (χ3n) is 5.42.